The van der Waals surface area contributed by atoms with Crippen LogP contribution < -0.4 is 0 Å². The van der Waals surface area contributed by atoms with Crippen LogP contribution in [0.3, 0.4) is 0 Å². The molecule has 1 aliphatic heterocycles. The third-order valence-corrected chi connectivity index (χ3v) is 3.92. The molecule has 0 N–H and O–H groups in total. The fraction of sp³-hybridized carbons (Fsp3) is 0.867. The average Bonchev–Trinajstić information content (AvgIpc) is 2.40. The molecule has 1 heterocycles. The van der Waals surface area contributed by atoms with E-state index >= 15 is 0 Å². The van der Waals surface area contributed by atoms with Crippen molar-refractivity contribution in [3.63, 3.8) is 0 Å². The Morgan fingerprint density at radius 3 is 2.11 bits per heavy atom. The Morgan fingerprint density at radius 1 is 1.22 bits per heavy atom. The maximum atomic E-state index is 12.5. The van der Waals surface area contributed by atoms with Crippen molar-refractivity contribution in [3.05, 3.63) is 0 Å². The smallest absolute Gasteiger partial charge is 0.226 e. The second-order valence-corrected chi connectivity index (χ2v) is 7.06. The number of carbonyl (C=O) groups is 2. The van der Waals surface area contributed by atoms with E-state index in [2.05, 4.69) is 27.7 Å². The van der Waals surface area contributed by atoms with Gasteiger partial charge in [-0.05, 0) is 25.7 Å². The quantitative estimate of drug-likeness (QED) is 0.775. The molecule has 1 saturated heterocycles. The van der Waals surface area contributed by atoms with Gasteiger partial charge in [0.05, 0.1) is 6.04 Å². The molecule has 0 bridgehead atoms. The maximum absolute atomic E-state index is 12.5. The summed E-state index contributed by atoms with van der Waals surface area (Å²) in [5.74, 6) is 0.210. The van der Waals surface area contributed by atoms with Crippen LogP contribution in [0.1, 0.15) is 61.3 Å². The number of nitrogens with zero attached hydrogens (tertiary/aromatic N) is 1. The van der Waals surface area contributed by atoms with Crippen LogP contribution in [0.15, 0.2) is 0 Å². The highest BCUT2D eigenvalue weighted by Crippen LogP contribution is 2.47. The second-order valence-electron chi connectivity index (χ2n) is 7.06. The van der Waals surface area contributed by atoms with E-state index in [0.717, 1.165) is 6.42 Å². The van der Waals surface area contributed by atoms with Crippen molar-refractivity contribution in [2.45, 2.75) is 72.9 Å². The van der Waals surface area contributed by atoms with Crippen LogP contribution in [0.2, 0.25) is 0 Å². The van der Waals surface area contributed by atoms with E-state index < -0.39 is 0 Å². The summed E-state index contributed by atoms with van der Waals surface area (Å²) in [6.07, 6.45) is 1.36. The van der Waals surface area contributed by atoms with Gasteiger partial charge in [-0.3, -0.25) is 9.59 Å². The maximum Gasteiger partial charge on any atom is 0.226 e. The van der Waals surface area contributed by atoms with Crippen molar-refractivity contribution < 1.29 is 9.59 Å². The molecule has 3 heteroatoms. The lowest BCUT2D eigenvalue weighted by molar-refractivity contribution is -0.146. The number of amides is 1. The zero-order valence-electron chi connectivity index (χ0n) is 12.8. The molecule has 1 fully saturated rings. The fourth-order valence-electron chi connectivity index (χ4n) is 3.47. The number of Topliss-reactive ketones (excluding diaryl/α,β-unsaturated/α-hetero) is 1. The first-order valence-corrected chi connectivity index (χ1v) is 6.90. The summed E-state index contributed by atoms with van der Waals surface area (Å²) in [5, 5.41) is 0. The minimum Gasteiger partial charge on any atom is -0.327 e. The lowest BCUT2D eigenvalue weighted by atomic mass is 9.79. The molecule has 1 amide bonds. The minimum absolute atomic E-state index is 0.0645. The van der Waals surface area contributed by atoms with Crippen molar-refractivity contribution in [1.29, 1.82) is 0 Å². The van der Waals surface area contributed by atoms with E-state index in [0.29, 0.717) is 6.42 Å². The Labute approximate surface area is 111 Å². The Kier molecular flexibility index (Phi) is 3.94. The number of ketones is 1. The van der Waals surface area contributed by atoms with Crippen molar-refractivity contribution >= 4 is 11.7 Å². The van der Waals surface area contributed by atoms with E-state index in [4.69, 9.17) is 0 Å². The first-order valence-electron chi connectivity index (χ1n) is 6.90. The third-order valence-electron chi connectivity index (χ3n) is 3.92. The largest absolute Gasteiger partial charge is 0.327 e. The van der Waals surface area contributed by atoms with E-state index in [1.165, 1.54) is 0 Å². The monoisotopic (exact) mass is 253 g/mol. The molecule has 104 valence electrons. The van der Waals surface area contributed by atoms with E-state index in [9.17, 15) is 9.59 Å². The van der Waals surface area contributed by atoms with Crippen LogP contribution in [0.4, 0.5) is 0 Å². The molecule has 1 aliphatic rings. The van der Waals surface area contributed by atoms with E-state index in [1.807, 2.05) is 25.7 Å². The number of carbonyl (C=O) groups excluding carboxylic acids is 2. The molecule has 0 aromatic carbocycles. The molecular weight excluding hydrogens is 226 g/mol. The fourth-order valence-corrected chi connectivity index (χ4v) is 3.47. The van der Waals surface area contributed by atoms with Crippen LogP contribution in [-0.2, 0) is 9.59 Å². The average molecular weight is 253 g/mol. The van der Waals surface area contributed by atoms with Crippen LogP contribution >= 0.6 is 0 Å². The van der Waals surface area contributed by atoms with Gasteiger partial charge in [0.15, 0.2) is 5.78 Å². The van der Waals surface area contributed by atoms with E-state index in [1.54, 1.807) is 0 Å². The zero-order valence-corrected chi connectivity index (χ0v) is 12.8. The predicted molar refractivity (Wildman–Crippen MR) is 73.2 cm³/mol. The van der Waals surface area contributed by atoms with Crippen molar-refractivity contribution in [1.82, 2.24) is 4.90 Å². The molecule has 0 spiro atoms. The van der Waals surface area contributed by atoms with Gasteiger partial charge < -0.3 is 4.90 Å². The summed E-state index contributed by atoms with van der Waals surface area (Å²) >= 11 is 0. The van der Waals surface area contributed by atoms with Crippen LogP contribution in [-0.4, -0.2) is 28.2 Å². The molecular formula is C15H27NO2. The van der Waals surface area contributed by atoms with Gasteiger partial charge in [-0.2, -0.15) is 0 Å². The highest BCUT2D eigenvalue weighted by atomic mass is 16.2. The second kappa shape index (κ2) is 4.67. The standard InChI is InChI=1S/C15H27NO2/c1-8-11(17)12-14(4,5)9-15(6,7)16(12)13(18)10(2)3/h10,12H,8-9H2,1-7H3. The van der Waals surface area contributed by atoms with E-state index in [-0.39, 0.29) is 34.6 Å². The van der Waals surface area contributed by atoms with Gasteiger partial charge in [-0.1, -0.05) is 34.6 Å². The van der Waals surface area contributed by atoms with Gasteiger partial charge >= 0.3 is 0 Å². The molecule has 0 saturated carbocycles. The molecule has 18 heavy (non-hydrogen) atoms. The Morgan fingerprint density at radius 2 is 1.72 bits per heavy atom. The molecule has 0 aliphatic carbocycles. The highest BCUT2D eigenvalue weighted by molar-refractivity contribution is 5.91. The van der Waals surface area contributed by atoms with Crippen molar-refractivity contribution in [2.75, 3.05) is 0 Å². The summed E-state index contributed by atoms with van der Waals surface area (Å²) in [6.45, 7) is 14.0. The predicted octanol–water partition coefficient (Wildman–Crippen LogP) is 3.03. The zero-order chi connectivity index (χ0) is 14.3. The van der Waals surface area contributed by atoms with Gasteiger partial charge in [0.1, 0.15) is 0 Å². The summed E-state index contributed by atoms with van der Waals surface area (Å²) in [7, 11) is 0. The first kappa shape index (κ1) is 15.2. The summed E-state index contributed by atoms with van der Waals surface area (Å²) < 4.78 is 0. The minimum atomic E-state index is -0.271. The van der Waals surface area contributed by atoms with Gasteiger partial charge in [-0.25, -0.2) is 0 Å². The van der Waals surface area contributed by atoms with Crippen LogP contribution in [0.5, 0.6) is 0 Å². The number of rotatable bonds is 3. The third kappa shape index (κ3) is 2.45. The summed E-state index contributed by atoms with van der Waals surface area (Å²) in [5.41, 5.74) is -0.374. The number of likely N-dealkylation sites (tertiary alicyclic amines) is 1. The first-order chi connectivity index (χ1) is 8.04. The molecule has 0 radical (unpaired) electrons. The van der Waals surface area contributed by atoms with Crippen molar-refractivity contribution in [2.24, 2.45) is 11.3 Å². The summed E-state index contributed by atoms with van der Waals surface area (Å²) in [4.78, 5) is 26.6. The highest BCUT2D eigenvalue weighted by Gasteiger charge is 2.55. The molecule has 0 aromatic rings. The summed E-state index contributed by atoms with van der Waals surface area (Å²) in [6, 6.07) is -0.271. The van der Waals surface area contributed by atoms with Gasteiger partial charge in [0, 0.05) is 17.9 Å². The van der Waals surface area contributed by atoms with Gasteiger partial charge in [0.2, 0.25) is 5.91 Å². The van der Waals surface area contributed by atoms with Crippen molar-refractivity contribution in [3.8, 4) is 0 Å². The lowest BCUT2D eigenvalue weighted by Crippen LogP contribution is -2.53. The molecule has 1 rings (SSSR count). The molecule has 1 atom stereocenters. The Hall–Kier alpha value is -0.860. The van der Waals surface area contributed by atoms with Gasteiger partial charge in [0.25, 0.3) is 0 Å². The topological polar surface area (TPSA) is 37.4 Å². The molecule has 0 aromatic heterocycles. The number of hydrogen-bond donors (Lipinski definition) is 0. The van der Waals surface area contributed by atoms with Crippen LogP contribution in [0, 0.1) is 11.3 Å². The lowest BCUT2D eigenvalue weighted by Gasteiger charge is -2.37. The SMILES string of the molecule is CCC(=O)C1N(C(=O)C(C)C)C(C)(C)CC1(C)C. The van der Waals surface area contributed by atoms with Crippen LogP contribution in [0.25, 0.3) is 0 Å². The van der Waals surface area contributed by atoms with Gasteiger partial charge in [-0.15, -0.1) is 0 Å². The number of hydrogen-bond acceptors (Lipinski definition) is 2. The normalized spacial score (nSPS) is 25.6. The Bertz CT molecular complexity index is 356. The molecule has 1 unspecified atom stereocenters. The Balaban J connectivity index is 3.23. The molecule has 3 nitrogen and oxygen atoms in total.